The Morgan fingerprint density at radius 1 is 0.794 bits per heavy atom. The number of hydrogen-bond donors (Lipinski definition) is 5. The minimum absolute atomic E-state index is 0.188. The van der Waals surface area contributed by atoms with Crippen LogP contribution in [-0.2, 0) is 37.3 Å². The topological polar surface area (TPSA) is 249 Å². The molecule has 0 spiro atoms. The van der Waals surface area contributed by atoms with Crippen molar-refractivity contribution in [2.24, 2.45) is 11.6 Å². The third-order valence-corrected chi connectivity index (χ3v) is 10.6. The zero-order valence-electron chi connectivity index (χ0n) is 36.0. The van der Waals surface area contributed by atoms with Gasteiger partial charge in [-0.05, 0) is 82.5 Å². The van der Waals surface area contributed by atoms with Crippen molar-refractivity contribution >= 4 is 57.6 Å². The number of anilines is 2. The monoisotopic (exact) mass is 860 g/mol. The maximum Gasteiger partial charge on any atom is 0.276 e. The molecule has 7 rings (SSSR count). The van der Waals surface area contributed by atoms with Gasteiger partial charge in [-0.1, -0.05) is 19.1 Å². The highest BCUT2D eigenvalue weighted by atomic mass is 16.5. The van der Waals surface area contributed by atoms with Gasteiger partial charge in [-0.2, -0.15) is 10.2 Å². The number of carbonyl (C=O) groups excluding carboxylic acids is 4. The van der Waals surface area contributed by atoms with Crippen LogP contribution < -0.4 is 32.4 Å². The number of nitrogens with zero attached hydrogens (tertiary/aromatic N) is 9. The second-order valence-corrected chi connectivity index (χ2v) is 14.9. The molecule has 0 unspecified atom stereocenters. The number of allylic oxidation sites excluding steroid dienone is 2. The lowest BCUT2D eigenvalue weighted by atomic mass is 10.1. The third-order valence-electron chi connectivity index (χ3n) is 10.6. The lowest BCUT2D eigenvalue weighted by Crippen LogP contribution is -2.30. The minimum Gasteiger partial charge on any atom is -0.498 e. The van der Waals surface area contributed by atoms with E-state index in [1.165, 1.54) is 0 Å². The fourth-order valence-electron chi connectivity index (χ4n) is 7.58. The largest absolute Gasteiger partial charge is 0.498 e. The Balaban J connectivity index is 1.26. The fraction of sp³-hybridized carbons (Fsp3) is 0.349. The molecule has 5 heterocycles. The van der Waals surface area contributed by atoms with Gasteiger partial charge in [0.15, 0.2) is 0 Å². The average molecular weight is 861 g/mol. The van der Waals surface area contributed by atoms with Crippen LogP contribution in [0.5, 0.6) is 5.75 Å². The summed E-state index contributed by atoms with van der Waals surface area (Å²) in [5, 5.41) is 14.8. The lowest BCUT2D eigenvalue weighted by molar-refractivity contribution is 0.0951. The van der Waals surface area contributed by atoms with Crippen LogP contribution in [0.4, 0.5) is 11.9 Å². The van der Waals surface area contributed by atoms with Crippen molar-refractivity contribution in [3.8, 4) is 5.75 Å². The number of rotatable bonds is 18. The number of nitrogens with one attached hydrogen (secondary N) is 3. The van der Waals surface area contributed by atoms with E-state index < -0.39 is 23.6 Å². The molecule has 7 N–H and O–H groups in total. The van der Waals surface area contributed by atoms with Crippen molar-refractivity contribution in [1.82, 2.24) is 49.0 Å². The second-order valence-electron chi connectivity index (χ2n) is 14.9. The molecule has 20 heteroatoms. The SMILES string of the molecule is CCc1cc(C(=O)NN)cc2nc(NC(=O)c3cc(C)nn3CC)n(C/C=C/Cn3c(NC(=O)c4cc(C)nn4CC)nc4cc(C(N)=O)cc(OCCCN5C=COCC5)c43)c12. The van der Waals surface area contributed by atoms with Gasteiger partial charge in [0.2, 0.25) is 17.8 Å². The van der Waals surface area contributed by atoms with Crippen LogP contribution in [0.2, 0.25) is 0 Å². The molecule has 0 radical (unpaired) electrons. The van der Waals surface area contributed by atoms with Gasteiger partial charge in [0.1, 0.15) is 29.3 Å². The zero-order chi connectivity index (χ0) is 44.8. The molecule has 0 saturated carbocycles. The van der Waals surface area contributed by atoms with E-state index in [1.54, 1.807) is 56.6 Å². The van der Waals surface area contributed by atoms with Gasteiger partial charge in [-0.25, -0.2) is 15.8 Å². The summed E-state index contributed by atoms with van der Waals surface area (Å²) < 4.78 is 18.6. The van der Waals surface area contributed by atoms with Crippen LogP contribution in [0.3, 0.4) is 0 Å². The Hall–Kier alpha value is -7.48. The summed E-state index contributed by atoms with van der Waals surface area (Å²) >= 11 is 0. The predicted octanol–water partition coefficient (Wildman–Crippen LogP) is 4.03. The zero-order valence-corrected chi connectivity index (χ0v) is 36.0. The third kappa shape index (κ3) is 9.39. The molecule has 0 aliphatic carbocycles. The van der Waals surface area contributed by atoms with Gasteiger partial charge in [0.25, 0.3) is 17.7 Å². The van der Waals surface area contributed by atoms with Crippen LogP contribution >= 0.6 is 0 Å². The Morgan fingerprint density at radius 2 is 1.38 bits per heavy atom. The molecule has 1 aliphatic rings. The van der Waals surface area contributed by atoms with Gasteiger partial charge in [0.05, 0.1) is 47.4 Å². The number of benzene rings is 2. The molecular formula is C43H52N14O6. The highest BCUT2D eigenvalue weighted by molar-refractivity contribution is 6.05. The summed E-state index contributed by atoms with van der Waals surface area (Å²) in [5.74, 6) is 4.37. The Bertz CT molecular complexity index is 2760. The number of nitrogens with two attached hydrogens (primary N) is 2. The first-order valence-corrected chi connectivity index (χ1v) is 20.8. The van der Waals surface area contributed by atoms with E-state index in [0.717, 1.165) is 24.2 Å². The van der Waals surface area contributed by atoms with Crippen LogP contribution in [0, 0.1) is 13.8 Å². The van der Waals surface area contributed by atoms with Gasteiger partial charge < -0.3 is 29.2 Å². The number of carbonyl (C=O) groups is 4. The smallest absolute Gasteiger partial charge is 0.276 e. The van der Waals surface area contributed by atoms with E-state index in [1.807, 2.05) is 57.5 Å². The number of aryl methyl sites for hydroxylation is 5. The van der Waals surface area contributed by atoms with E-state index >= 15 is 0 Å². The Morgan fingerprint density at radius 3 is 1.92 bits per heavy atom. The molecule has 0 saturated heterocycles. The lowest BCUT2D eigenvalue weighted by Gasteiger charge is -2.23. The molecule has 4 aromatic heterocycles. The van der Waals surface area contributed by atoms with Crippen LogP contribution in [0.25, 0.3) is 22.1 Å². The molecule has 0 bridgehead atoms. The van der Waals surface area contributed by atoms with Gasteiger partial charge in [-0.15, -0.1) is 0 Å². The number of fused-ring (bicyclic) bond motifs is 2. The van der Waals surface area contributed by atoms with Crippen LogP contribution in [0.1, 0.15) is 85.8 Å². The maximum atomic E-state index is 13.8. The number of primary amides is 1. The van der Waals surface area contributed by atoms with Gasteiger partial charge >= 0.3 is 0 Å². The number of hydrazine groups is 1. The molecule has 330 valence electrons. The first-order chi connectivity index (χ1) is 30.4. The molecule has 6 aromatic rings. The maximum absolute atomic E-state index is 13.8. The van der Waals surface area contributed by atoms with E-state index in [9.17, 15) is 19.2 Å². The predicted molar refractivity (Wildman–Crippen MR) is 236 cm³/mol. The molecular weight excluding hydrogens is 809 g/mol. The first-order valence-electron chi connectivity index (χ1n) is 20.8. The van der Waals surface area contributed by atoms with Crippen molar-refractivity contribution in [3.63, 3.8) is 0 Å². The standard InChI is InChI=1S/C43H52N14O6/c1-6-28-22-30(39(59)50-45)24-31-36(28)54(42(46-31)48-40(60)33-20-26(4)51-56(33)7-2)13-9-10-14-55-37-32(47-43(55)49-41(61)34-21-27(5)52-57(34)8-3)23-29(38(44)58)25-35(37)63-17-11-12-53-15-18-62-19-16-53/h9-10,15,18,20-25H,6-8,11-14,16-17,19,45H2,1-5H3,(H2,44,58)(H,50,59)(H,46,48,60)(H,47,49,61)/b10-9+. The van der Waals surface area contributed by atoms with E-state index in [4.69, 9.17) is 31.0 Å². The summed E-state index contributed by atoms with van der Waals surface area (Å²) in [5.41, 5.74) is 13.5. The quantitative estimate of drug-likeness (QED) is 0.0270. The number of aromatic nitrogens is 8. The summed E-state index contributed by atoms with van der Waals surface area (Å²) in [6.07, 6.45) is 8.57. The summed E-state index contributed by atoms with van der Waals surface area (Å²) in [6, 6.07) is 9.96. The molecule has 63 heavy (non-hydrogen) atoms. The number of nitrogen functional groups attached to an aromatic ring is 1. The minimum atomic E-state index is -0.658. The molecule has 2 aromatic carbocycles. The fourth-order valence-corrected chi connectivity index (χ4v) is 7.58. The highest BCUT2D eigenvalue weighted by Gasteiger charge is 2.23. The Kier molecular flexibility index (Phi) is 13.2. The summed E-state index contributed by atoms with van der Waals surface area (Å²) in [6.45, 7) is 13.2. The van der Waals surface area contributed by atoms with Crippen molar-refractivity contribution in [1.29, 1.82) is 0 Å². The molecule has 20 nitrogen and oxygen atoms in total. The van der Waals surface area contributed by atoms with Crippen molar-refractivity contribution < 1.29 is 28.7 Å². The van der Waals surface area contributed by atoms with Gasteiger partial charge in [0, 0.05) is 50.1 Å². The highest BCUT2D eigenvalue weighted by Crippen LogP contribution is 2.32. The normalized spacial score (nSPS) is 12.6. The molecule has 1 aliphatic heterocycles. The Labute approximate surface area is 362 Å². The first kappa shape index (κ1) is 43.6. The number of amides is 4. The van der Waals surface area contributed by atoms with E-state index in [0.29, 0.717) is 89.8 Å². The van der Waals surface area contributed by atoms with Gasteiger partial charge in [-0.3, -0.25) is 44.6 Å². The molecule has 0 fully saturated rings. The molecule has 0 atom stereocenters. The molecule has 4 amide bonds. The number of ether oxygens (including phenoxy) is 2. The second kappa shape index (κ2) is 19.1. The summed E-state index contributed by atoms with van der Waals surface area (Å²) in [7, 11) is 0. The van der Waals surface area contributed by atoms with E-state index in [2.05, 4.69) is 31.2 Å². The summed E-state index contributed by atoms with van der Waals surface area (Å²) in [4.78, 5) is 64.5. The van der Waals surface area contributed by atoms with Crippen LogP contribution in [0.15, 0.2) is 61.0 Å². The average Bonchev–Trinajstić information content (AvgIpc) is 4.05. The number of imidazole rings is 2. The van der Waals surface area contributed by atoms with Crippen LogP contribution in [-0.4, -0.2) is 93.5 Å². The van der Waals surface area contributed by atoms with Crippen molar-refractivity contribution in [2.45, 2.75) is 73.6 Å². The van der Waals surface area contributed by atoms with Crippen molar-refractivity contribution in [3.05, 3.63) is 100 Å². The van der Waals surface area contributed by atoms with Crippen molar-refractivity contribution in [2.75, 3.05) is 36.9 Å². The number of hydrogen-bond acceptors (Lipinski definition) is 12. The van der Waals surface area contributed by atoms with E-state index in [-0.39, 0.29) is 30.5 Å².